The lowest BCUT2D eigenvalue weighted by atomic mass is 10.2. The molecule has 0 aliphatic heterocycles. The lowest BCUT2D eigenvalue weighted by molar-refractivity contribution is -0.132. The van der Waals surface area contributed by atoms with Crippen LogP contribution in [0.2, 0.25) is 0 Å². The summed E-state index contributed by atoms with van der Waals surface area (Å²) >= 11 is 0. The third kappa shape index (κ3) is 3.67. The van der Waals surface area contributed by atoms with Gasteiger partial charge < -0.3 is 10.6 Å². The van der Waals surface area contributed by atoms with Crippen LogP contribution in [0.1, 0.15) is 38.5 Å². The summed E-state index contributed by atoms with van der Waals surface area (Å²) in [5.74, 6) is 0.117. The molecule has 0 aromatic carbocycles. The highest BCUT2D eigenvalue weighted by Gasteiger charge is 2.47. The molecule has 15 heavy (non-hydrogen) atoms. The van der Waals surface area contributed by atoms with Gasteiger partial charge in [0, 0.05) is 13.6 Å². The largest absolute Gasteiger partial charge is 0.344 e. The third-order valence-electron chi connectivity index (χ3n) is 2.96. The predicted octanol–water partition coefficient (Wildman–Crippen LogP) is 1.68. The van der Waals surface area contributed by atoms with E-state index in [1.54, 1.807) is 4.90 Å². The van der Waals surface area contributed by atoms with Crippen LogP contribution in [0.4, 0.5) is 0 Å². The Bertz CT molecular complexity index is 234. The van der Waals surface area contributed by atoms with Crippen LogP contribution < -0.4 is 5.73 Å². The lowest BCUT2D eigenvalue weighted by Gasteiger charge is -2.20. The van der Waals surface area contributed by atoms with Crippen LogP contribution in [0, 0.1) is 0 Å². The minimum Gasteiger partial charge on any atom is -0.344 e. The summed E-state index contributed by atoms with van der Waals surface area (Å²) in [7, 11) is 1.85. The molecule has 2 N–H and O–H groups in total. The molecule has 0 saturated heterocycles. The molecule has 1 saturated carbocycles. The van der Waals surface area contributed by atoms with Crippen molar-refractivity contribution >= 4 is 5.91 Å². The van der Waals surface area contributed by atoms with Gasteiger partial charge in [-0.3, -0.25) is 4.79 Å². The molecular formula is C12H22N2O. The molecule has 0 bridgehead atoms. The van der Waals surface area contributed by atoms with Gasteiger partial charge in [0.05, 0.1) is 5.54 Å². The molecule has 3 nitrogen and oxygen atoms in total. The van der Waals surface area contributed by atoms with E-state index in [9.17, 15) is 4.79 Å². The maximum atomic E-state index is 11.7. The number of amides is 1. The third-order valence-corrected chi connectivity index (χ3v) is 2.96. The molecule has 3 heteroatoms. The minimum absolute atomic E-state index is 0.117. The SMILES string of the molecule is C=CCCCCCN(C)C(=O)C1(N)CC1. The van der Waals surface area contributed by atoms with Crippen molar-refractivity contribution in [3.63, 3.8) is 0 Å². The Morgan fingerprint density at radius 1 is 1.47 bits per heavy atom. The van der Waals surface area contributed by atoms with E-state index in [0.29, 0.717) is 0 Å². The van der Waals surface area contributed by atoms with Crippen molar-refractivity contribution in [2.45, 2.75) is 44.1 Å². The van der Waals surface area contributed by atoms with Gasteiger partial charge in [-0.2, -0.15) is 0 Å². The lowest BCUT2D eigenvalue weighted by Crippen LogP contribution is -2.44. The Balaban J connectivity index is 2.10. The first kappa shape index (κ1) is 12.2. The van der Waals surface area contributed by atoms with E-state index in [1.165, 1.54) is 6.42 Å². The summed E-state index contributed by atoms with van der Waals surface area (Å²) in [6.45, 7) is 4.51. The van der Waals surface area contributed by atoms with Gasteiger partial charge in [-0.25, -0.2) is 0 Å². The first-order valence-electron chi connectivity index (χ1n) is 5.75. The fraction of sp³-hybridized carbons (Fsp3) is 0.750. The van der Waals surface area contributed by atoms with Gasteiger partial charge in [-0.05, 0) is 32.1 Å². The number of unbranched alkanes of at least 4 members (excludes halogenated alkanes) is 3. The highest BCUT2D eigenvalue weighted by molar-refractivity contribution is 5.88. The van der Waals surface area contributed by atoms with Crippen LogP contribution in [0.3, 0.4) is 0 Å². The summed E-state index contributed by atoms with van der Waals surface area (Å²) in [6.07, 6.45) is 8.10. The number of carbonyl (C=O) groups excluding carboxylic acids is 1. The molecule has 1 aliphatic carbocycles. The van der Waals surface area contributed by atoms with Crippen molar-refractivity contribution in [3.8, 4) is 0 Å². The van der Waals surface area contributed by atoms with E-state index in [-0.39, 0.29) is 5.91 Å². The van der Waals surface area contributed by atoms with Gasteiger partial charge in [-0.1, -0.05) is 12.5 Å². The molecule has 0 unspecified atom stereocenters. The normalized spacial score (nSPS) is 17.2. The maximum Gasteiger partial charge on any atom is 0.242 e. The van der Waals surface area contributed by atoms with Gasteiger partial charge in [0.1, 0.15) is 0 Å². The van der Waals surface area contributed by atoms with Gasteiger partial charge >= 0.3 is 0 Å². The van der Waals surface area contributed by atoms with Crippen LogP contribution in [0.25, 0.3) is 0 Å². The van der Waals surface area contributed by atoms with Crippen molar-refractivity contribution in [2.75, 3.05) is 13.6 Å². The van der Waals surface area contributed by atoms with Gasteiger partial charge in [0.25, 0.3) is 0 Å². The molecule has 0 aromatic rings. The smallest absolute Gasteiger partial charge is 0.242 e. The highest BCUT2D eigenvalue weighted by atomic mass is 16.2. The molecule has 0 aromatic heterocycles. The molecule has 0 radical (unpaired) electrons. The number of nitrogens with two attached hydrogens (primary N) is 1. The Morgan fingerprint density at radius 3 is 2.67 bits per heavy atom. The van der Waals surface area contributed by atoms with Gasteiger partial charge in [-0.15, -0.1) is 6.58 Å². The van der Waals surface area contributed by atoms with Crippen LogP contribution in [0.5, 0.6) is 0 Å². The summed E-state index contributed by atoms with van der Waals surface area (Å²) in [6, 6.07) is 0. The molecule has 0 heterocycles. The Kier molecular flexibility index (Phi) is 4.33. The quantitative estimate of drug-likeness (QED) is 0.513. The van der Waals surface area contributed by atoms with E-state index >= 15 is 0 Å². The molecule has 1 amide bonds. The number of hydrogen-bond acceptors (Lipinski definition) is 2. The van der Waals surface area contributed by atoms with Crippen LogP contribution >= 0.6 is 0 Å². The molecule has 86 valence electrons. The second-order valence-corrected chi connectivity index (χ2v) is 4.52. The Hall–Kier alpha value is -0.830. The van der Waals surface area contributed by atoms with E-state index in [1.807, 2.05) is 13.1 Å². The van der Waals surface area contributed by atoms with Crippen LogP contribution in [-0.4, -0.2) is 29.9 Å². The second-order valence-electron chi connectivity index (χ2n) is 4.52. The number of rotatable bonds is 7. The zero-order valence-corrected chi connectivity index (χ0v) is 9.67. The standard InChI is InChI=1S/C12H22N2O/c1-3-4-5-6-7-10-14(2)11(15)12(13)8-9-12/h3H,1,4-10,13H2,2H3. The number of carbonyl (C=O) groups is 1. The van der Waals surface area contributed by atoms with Crippen molar-refractivity contribution in [2.24, 2.45) is 5.73 Å². The fourth-order valence-corrected chi connectivity index (χ4v) is 1.64. The van der Waals surface area contributed by atoms with Crippen LogP contribution in [-0.2, 0) is 4.79 Å². The average Bonchev–Trinajstić information content (AvgIpc) is 2.96. The van der Waals surface area contributed by atoms with Crippen molar-refractivity contribution in [1.29, 1.82) is 0 Å². The van der Waals surface area contributed by atoms with Crippen molar-refractivity contribution < 1.29 is 4.79 Å². The topological polar surface area (TPSA) is 46.3 Å². The second kappa shape index (κ2) is 5.31. The summed E-state index contributed by atoms with van der Waals surface area (Å²) in [5.41, 5.74) is 5.33. The molecule has 0 spiro atoms. The predicted molar refractivity (Wildman–Crippen MR) is 62.5 cm³/mol. The minimum atomic E-state index is -0.504. The van der Waals surface area contributed by atoms with Crippen molar-refractivity contribution in [3.05, 3.63) is 12.7 Å². The molecule has 0 atom stereocenters. The maximum absolute atomic E-state index is 11.7. The van der Waals surface area contributed by atoms with E-state index < -0.39 is 5.54 Å². The zero-order chi connectivity index (χ0) is 11.3. The average molecular weight is 210 g/mol. The first-order valence-corrected chi connectivity index (χ1v) is 5.75. The molecule has 1 fully saturated rings. The zero-order valence-electron chi connectivity index (χ0n) is 9.67. The summed E-state index contributed by atoms with van der Waals surface area (Å²) < 4.78 is 0. The summed E-state index contributed by atoms with van der Waals surface area (Å²) in [5, 5.41) is 0. The van der Waals surface area contributed by atoms with Gasteiger partial charge in [0.15, 0.2) is 0 Å². The number of hydrogen-bond donors (Lipinski definition) is 1. The molecule has 1 aliphatic rings. The Morgan fingerprint density at radius 2 is 2.13 bits per heavy atom. The van der Waals surface area contributed by atoms with Crippen molar-refractivity contribution in [1.82, 2.24) is 4.90 Å². The Labute approximate surface area is 92.3 Å². The van der Waals surface area contributed by atoms with Gasteiger partial charge in [0.2, 0.25) is 5.91 Å². The van der Waals surface area contributed by atoms with E-state index in [0.717, 1.165) is 38.6 Å². The monoisotopic (exact) mass is 210 g/mol. The molecular weight excluding hydrogens is 188 g/mol. The molecule has 1 rings (SSSR count). The number of allylic oxidation sites excluding steroid dienone is 1. The van der Waals surface area contributed by atoms with E-state index in [4.69, 9.17) is 5.73 Å². The number of nitrogens with zero attached hydrogens (tertiary/aromatic N) is 1. The fourth-order valence-electron chi connectivity index (χ4n) is 1.64. The highest BCUT2D eigenvalue weighted by Crippen LogP contribution is 2.33. The van der Waals surface area contributed by atoms with Crippen LogP contribution in [0.15, 0.2) is 12.7 Å². The number of likely N-dealkylation sites (N-methyl/N-ethyl adjacent to an activating group) is 1. The first-order chi connectivity index (χ1) is 7.10. The summed E-state index contributed by atoms with van der Waals surface area (Å²) in [4.78, 5) is 13.5. The van der Waals surface area contributed by atoms with E-state index in [2.05, 4.69) is 6.58 Å².